The second-order valence-electron chi connectivity index (χ2n) is 5.65. The Morgan fingerprint density at radius 3 is 2.50 bits per heavy atom. The standard InChI is InChI=1S/C12H22N2O3S/c1-10-8-18(16,17)7-6-14(10)11(15)12(9-13)4-2-3-5-12/h10H,2-9,13H2,1H3. The first-order valence-corrected chi connectivity index (χ1v) is 8.44. The van der Waals surface area contributed by atoms with Crippen LogP contribution in [0.2, 0.25) is 0 Å². The molecule has 1 saturated heterocycles. The van der Waals surface area contributed by atoms with Crippen molar-refractivity contribution in [3.05, 3.63) is 0 Å². The predicted molar refractivity (Wildman–Crippen MR) is 69.8 cm³/mol. The molecule has 2 aliphatic rings. The van der Waals surface area contributed by atoms with E-state index in [-0.39, 0.29) is 23.5 Å². The molecule has 1 aliphatic carbocycles. The zero-order valence-corrected chi connectivity index (χ0v) is 11.7. The van der Waals surface area contributed by atoms with Gasteiger partial charge in [0.05, 0.1) is 16.9 Å². The summed E-state index contributed by atoms with van der Waals surface area (Å²) < 4.78 is 23.1. The Bertz CT molecular complexity index is 427. The molecule has 0 aromatic carbocycles. The van der Waals surface area contributed by atoms with Crippen LogP contribution in [0.1, 0.15) is 32.6 Å². The third kappa shape index (κ3) is 2.40. The van der Waals surface area contributed by atoms with Crippen LogP contribution in [0.15, 0.2) is 0 Å². The van der Waals surface area contributed by atoms with Crippen LogP contribution in [0, 0.1) is 5.41 Å². The lowest BCUT2D eigenvalue weighted by Gasteiger charge is -2.39. The zero-order valence-electron chi connectivity index (χ0n) is 10.9. The Labute approximate surface area is 109 Å². The maximum Gasteiger partial charge on any atom is 0.230 e. The average molecular weight is 274 g/mol. The minimum absolute atomic E-state index is 0.0740. The van der Waals surface area contributed by atoms with Crippen molar-refractivity contribution in [2.75, 3.05) is 24.6 Å². The highest BCUT2D eigenvalue weighted by molar-refractivity contribution is 7.91. The van der Waals surface area contributed by atoms with Crippen LogP contribution in [0.5, 0.6) is 0 Å². The molecule has 2 fully saturated rings. The molecule has 2 rings (SSSR count). The number of amides is 1. The highest BCUT2D eigenvalue weighted by Crippen LogP contribution is 2.39. The van der Waals surface area contributed by atoms with Gasteiger partial charge in [0.15, 0.2) is 9.84 Å². The summed E-state index contributed by atoms with van der Waals surface area (Å²) in [4.78, 5) is 14.4. The fourth-order valence-corrected chi connectivity index (χ4v) is 4.72. The van der Waals surface area contributed by atoms with Gasteiger partial charge >= 0.3 is 0 Å². The van der Waals surface area contributed by atoms with E-state index in [0.717, 1.165) is 25.7 Å². The monoisotopic (exact) mass is 274 g/mol. The van der Waals surface area contributed by atoms with Crippen molar-refractivity contribution in [3.63, 3.8) is 0 Å². The van der Waals surface area contributed by atoms with Crippen LogP contribution in [-0.2, 0) is 14.6 Å². The Hall–Kier alpha value is -0.620. The number of carbonyl (C=O) groups excluding carboxylic acids is 1. The van der Waals surface area contributed by atoms with Gasteiger partial charge in [0, 0.05) is 19.1 Å². The quantitative estimate of drug-likeness (QED) is 0.777. The molecule has 5 nitrogen and oxygen atoms in total. The molecule has 1 amide bonds. The molecule has 0 aromatic heterocycles. The molecule has 1 unspecified atom stereocenters. The number of hydrogen-bond donors (Lipinski definition) is 1. The number of sulfone groups is 1. The van der Waals surface area contributed by atoms with E-state index >= 15 is 0 Å². The van der Waals surface area contributed by atoms with Crippen molar-refractivity contribution in [3.8, 4) is 0 Å². The van der Waals surface area contributed by atoms with E-state index in [1.165, 1.54) is 0 Å². The van der Waals surface area contributed by atoms with Crippen LogP contribution >= 0.6 is 0 Å². The van der Waals surface area contributed by atoms with Crippen molar-refractivity contribution in [1.29, 1.82) is 0 Å². The van der Waals surface area contributed by atoms with Gasteiger partial charge in [0.25, 0.3) is 0 Å². The largest absolute Gasteiger partial charge is 0.337 e. The van der Waals surface area contributed by atoms with E-state index < -0.39 is 15.3 Å². The summed E-state index contributed by atoms with van der Waals surface area (Å²) in [5.41, 5.74) is 5.39. The predicted octanol–water partition coefficient (Wildman–Crippen LogP) is 0.151. The SMILES string of the molecule is CC1CS(=O)(=O)CCN1C(=O)C1(CN)CCCC1. The molecular formula is C12H22N2O3S. The van der Waals surface area contributed by atoms with Crippen molar-refractivity contribution < 1.29 is 13.2 Å². The Morgan fingerprint density at radius 1 is 1.39 bits per heavy atom. The molecule has 2 N–H and O–H groups in total. The van der Waals surface area contributed by atoms with Crippen LogP contribution in [0.25, 0.3) is 0 Å². The van der Waals surface area contributed by atoms with Gasteiger partial charge < -0.3 is 10.6 Å². The summed E-state index contributed by atoms with van der Waals surface area (Å²) in [6.07, 6.45) is 3.78. The smallest absolute Gasteiger partial charge is 0.230 e. The molecule has 104 valence electrons. The van der Waals surface area contributed by atoms with E-state index in [0.29, 0.717) is 13.1 Å². The first kappa shape index (κ1) is 13.8. The molecule has 0 bridgehead atoms. The third-order valence-electron chi connectivity index (χ3n) is 4.34. The maximum absolute atomic E-state index is 12.6. The fourth-order valence-electron chi connectivity index (χ4n) is 3.16. The lowest BCUT2D eigenvalue weighted by Crippen LogP contribution is -2.55. The average Bonchev–Trinajstić information content (AvgIpc) is 2.76. The lowest BCUT2D eigenvalue weighted by atomic mass is 9.84. The fraction of sp³-hybridized carbons (Fsp3) is 0.917. The van der Waals surface area contributed by atoms with Crippen molar-refractivity contribution in [2.45, 2.75) is 38.6 Å². The van der Waals surface area contributed by atoms with Gasteiger partial charge in [-0.25, -0.2) is 8.42 Å². The highest BCUT2D eigenvalue weighted by Gasteiger charge is 2.45. The van der Waals surface area contributed by atoms with Gasteiger partial charge in [-0.05, 0) is 19.8 Å². The summed E-state index contributed by atoms with van der Waals surface area (Å²) >= 11 is 0. The number of rotatable bonds is 2. The molecule has 18 heavy (non-hydrogen) atoms. The lowest BCUT2D eigenvalue weighted by molar-refractivity contribution is -0.143. The van der Waals surface area contributed by atoms with Gasteiger partial charge in [0.2, 0.25) is 5.91 Å². The molecular weight excluding hydrogens is 252 g/mol. The Kier molecular flexibility index (Phi) is 3.69. The zero-order chi connectivity index (χ0) is 13.4. The van der Waals surface area contributed by atoms with Crippen LogP contribution in [0.4, 0.5) is 0 Å². The second kappa shape index (κ2) is 4.81. The van der Waals surface area contributed by atoms with E-state index in [4.69, 9.17) is 5.73 Å². The summed E-state index contributed by atoms with van der Waals surface area (Å²) in [7, 11) is -2.97. The number of carbonyl (C=O) groups is 1. The second-order valence-corrected chi connectivity index (χ2v) is 7.88. The van der Waals surface area contributed by atoms with Crippen LogP contribution in [0.3, 0.4) is 0 Å². The normalized spacial score (nSPS) is 30.3. The molecule has 1 atom stereocenters. The van der Waals surface area contributed by atoms with E-state index in [1.54, 1.807) is 4.90 Å². The van der Waals surface area contributed by atoms with Gasteiger partial charge in [-0.1, -0.05) is 12.8 Å². The molecule has 6 heteroatoms. The summed E-state index contributed by atoms with van der Waals surface area (Å²) in [5, 5.41) is 0. The highest BCUT2D eigenvalue weighted by atomic mass is 32.2. The minimum atomic E-state index is -2.97. The minimum Gasteiger partial charge on any atom is -0.337 e. The van der Waals surface area contributed by atoms with Crippen molar-refractivity contribution in [2.24, 2.45) is 11.1 Å². The molecule has 0 aromatic rings. The summed E-state index contributed by atoms with van der Waals surface area (Å²) in [5.74, 6) is 0.244. The van der Waals surface area contributed by atoms with Gasteiger partial charge in [-0.15, -0.1) is 0 Å². The van der Waals surface area contributed by atoms with E-state index in [1.807, 2.05) is 6.92 Å². The summed E-state index contributed by atoms with van der Waals surface area (Å²) in [6, 6.07) is -0.222. The van der Waals surface area contributed by atoms with Crippen LogP contribution in [-0.4, -0.2) is 49.9 Å². The van der Waals surface area contributed by atoms with Gasteiger partial charge in [-0.2, -0.15) is 0 Å². The van der Waals surface area contributed by atoms with Gasteiger partial charge in [0.1, 0.15) is 0 Å². The number of nitrogens with two attached hydrogens (primary N) is 1. The Morgan fingerprint density at radius 2 is 2.00 bits per heavy atom. The first-order valence-electron chi connectivity index (χ1n) is 6.62. The molecule has 1 heterocycles. The van der Waals surface area contributed by atoms with Crippen molar-refractivity contribution in [1.82, 2.24) is 4.90 Å². The molecule has 1 aliphatic heterocycles. The number of hydrogen-bond acceptors (Lipinski definition) is 4. The third-order valence-corrected chi connectivity index (χ3v) is 6.13. The van der Waals surface area contributed by atoms with Crippen LogP contribution < -0.4 is 5.73 Å². The topological polar surface area (TPSA) is 80.5 Å². The van der Waals surface area contributed by atoms with Crippen molar-refractivity contribution >= 4 is 15.7 Å². The van der Waals surface area contributed by atoms with E-state index in [9.17, 15) is 13.2 Å². The van der Waals surface area contributed by atoms with Gasteiger partial charge in [-0.3, -0.25) is 4.79 Å². The number of nitrogens with zero attached hydrogens (tertiary/aromatic N) is 1. The maximum atomic E-state index is 12.6. The molecule has 0 spiro atoms. The molecule has 0 radical (unpaired) electrons. The first-order chi connectivity index (χ1) is 8.40. The summed E-state index contributed by atoms with van der Waals surface area (Å²) in [6.45, 7) is 2.51. The molecule has 1 saturated carbocycles. The Balaban J connectivity index is 2.14. The van der Waals surface area contributed by atoms with E-state index in [2.05, 4.69) is 0 Å².